The van der Waals surface area contributed by atoms with Crippen molar-refractivity contribution in [3.05, 3.63) is 88.5 Å². The van der Waals surface area contributed by atoms with Crippen molar-refractivity contribution >= 4 is 5.91 Å². The average Bonchev–Trinajstić information content (AvgIpc) is 2.93. The van der Waals surface area contributed by atoms with Crippen LogP contribution in [0, 0.1) is 5.92 Å². The maximum absolute atomic E-state index is 13.1. The molecule has 0 atom stereocenters. The second kappa shape index (κ2) is 14.0. The fourth-order valence-electron chi connectivity index (χ4n) is 4.85. The first-order valence-electron chi connectivity index (χ1n) is 13.6. The molecule has 0 saturated heterocycles. The predicted molar refractivity (Wildman–Crippen MR) is 153 cm³/mol. The number of hydrogen-bond acceptors (Lipinski definition) is 6. The Kier molecular flexibility index (Phi) is 10.2. The molecule has 1 heterocycles. The quantitative estimate of drug-likeness (QED) is 0.457. The van der Waals surface area contributed by atoms with Crippen LogP contribution in [0.1, 0.15) is 46.5 Å². The van der Waals surface area contributed by atoms with Crippen molar-refractivity contribution in [2.45, 2.75) is 33.4 Å². The van der Waals surface area contributed by atoms with Crippen molar-refractivity contribution in [2.24, 2.45) is 5.92 Å². The van der Waals surface area contributed by atoms with E-state index in [2.05, 4.69) is 48.3 Å². The Morgan fingerprint density at radius 1 is 0.949 bits per heavy atom. The van der Waals surface area contributed by atoms with Crippen LogP contribution in [0.3, 0.4) is 0 Å². The molecule has 4 rings (SSSR count). The van der Waals surface area contributed by atoms with E-state index in [9.17, 15) is 4.79 Å². The van der Waals surface area contributed by atoms with Gasteiger partial charge in [-0.25, -0.2) is 0 Å². The van der Waals surface area contributed by atoms with Gasteiger partial charge < -0.3 is 24.3 Å². The fraction of sp³-hybridized carbons (Fsp3) is 0.406. The molecule has 0 radical (unpaired) electrons. The topological polar surface area (TPSA) is 69.3 Å². The molecule has 1 aliphatic heterocycles. The van der Waals surface area contributed by atoms with E-state index in [1.807, 2.05) is 36.4 Å². The number of rotatable bonds is 7. The van der Waals surface area contributed by atoms with Crippen molar-refractivity contribution in [1.82, 2.24) is 10.2 Å². The molecule has 39 heavy (non-hydrogen) atoms. The van der Waals surface area contributed by atoms with Gasteiger partial charge in [-0.1, -0.05) is 44.2 Å². The molecule has 7 heteroatoms. The summed E-state index contributed by atoms with van der Waals surface area (Å²) in [4.78, 5) is 15.6. The second-order valence-corrected chi connectivity index (χ2v) is 10.3. The molecule has 1 amide bonds. The number of benzene rings is 3. The Bertz CT molecular complexity index is 1240. The molecule has 0 aromatic heterocycles. The van der Waals surface area contributed by atoms with Gasteiger partial charge in [0.25, 0.3) is 5.91 Å². The molecule has 0 spiro atoms. The average molecular weight is 533 g/mol. The zero-order valence-electron chi connectivity index (χ0n) is 23.5. The minimum atomic E-state index is -0.145. The monoisotopic (exact) mass is 532 g/mol. The summed E-state index contributed by atoms with van der Waals surface area (Å²) in [5.41, 5.74) is 4.96. The molecule has 0 fully saturated rings. The molecule has 1 aliphatic rings. The van der Waals surface area contributed by atoms with Gasteiger partial charge in [-0.2, -0.15) is 0 Å². The lowest BCUT2D eigenvalue weighted by molar-refractivity contribution is 0.0746. The maximum atomic E-state index is 13.1. The van der Waals surface area contributed by atoms with Crippen LogP contribution < -0.4 is 19.5 Å². The Morgan fingerprint density at radius 3 is 2.56 bits per heavy atom. The van der Waals surface area contributed by atoms with Gasteiger partial charge in [0.05, 0.1) is 27.4 Å². The van der Waals surface area contributed by atoms with Crippen LogP contribution >= 0.6 is 0 Å². The third-order valence-electron chi connectivity index (χ3n) is 6.68. The van der Waals surface area contributed by atoms with E-state index in [4.69, 9.17) is 18.9 Å². The Labute approximate surface area is 232 Å². The molecule has 0 aliphatic carbocycles. The first kappa shape index (κ1) is 28.5. The molecule has 2 bridgehead atoms. The maximum Gasteiger partial charge on any atom is 0.251 e. The summed E-state index contributed by atoms with van der Waals surface area (Å²) in [7, 11) is 3.20. The highest BCUT2D eigenvalue weighted by Gasteiger charge is 2.14. The second-order valence-electron chi connectivity index (χ2n) is 10.3. The van der Waals surface area contributed by atoms with Crippen LogP contribution in [0.15, 0.2) is 60.7 Å². The lowest BCUT2D eigenvalue weighted by Gasteiger charge is -2.25. The molecular weight excluding hydrogens is 492 g/mol. The zero-order valence-corrected chi connectivity index (χ0v) is 23.5. The van der Waals surface area contributed by atoms with E-state index >= 15 is 0 Å². The third kappa shape index (κ3) is 8.22. The highest BCUT2D eigenvalue weighted by atomic mass is 16.5. The minimum Gasteiger partial charge on any atom is -0.493 e. The van der Waals surface area contributed by atoms with E-state index in [1.54, 1.807) is 14.2 Å². The number of carbonyl (C=O) groups is 1. The summed E-state index contributed by atoms with van der Waals surface area (Å²) in [5.74, 6) is 2.50. The number of carbonyl (C=O) groups excluding carboxylic acids is 1. The summed E-state index contributed by atoms with van der Waals surface area (Å²) in [5, 5.41) is 3.02. The Hall–Kier alpha value is -3.55. The number of nitrogens with zero attached hydrogens (tertiary/aromatic N) is 1. The Balaban J connectivity index is 1.52. The number of nitrogens with one attached hydrogen (secondary N) is 1. The number of fused-ring (bicyclic) bond motifs is 3. The smallest absolute Gasteiger partial charge is 0.251 e. The summed E-state index contributed by atoms with van der Waals surface area (Å²) < 4.78 is 22.7. The van der Waals surface area contributed by atoms with Gasteiger partial charge in [0.15, 0.2) is 11.5 Å². The third-order valence-corrected chi connectivity index (χ3v) is 6.68. The van der Waals surface area contributed by atoms with Crippen LogP contribution in [0.2, 0.25) is 0 Å². The van der Waals surface area contributed by atoms with E-state index in [0.29, 0.717) is 55.8 Å². The molecule has 7 nitrogen and oxygen atoms in total. The van der Waals surface area contributed by atoms with E-state index in [-0.39, 0.29) is 5.91 Å². The minimum absolute atomic E-state index is 0.145. The molecule has 3 aromatic rings. The largest absolute Gasteiger partial charge is 0.493 e. The van der Waals surface area contributed by atoms with Crippen molar-refractivity contribution in [2.75, 3.05) is 47.1 Å². The first-order chi connectivity index (χ1) is 18.9. The van der Waals surface area contributed by atoms with Crippen molar-refractivity contribution < 1.29 is 23.7 Å². The first-order valence-corrected chi connectivity index (χ1v) is 13.6. The normalized spacial score (nSPS) is 14.6. The molecule has 208 valence electrons. The highest BCUT2D eigenvalue weighted by Crippen LogP contribution is 2.28. The Morgan fingerprint density at radius 2 is 1.77 bits per heavy atom. The predicted octanol–water partition coefficient (Wildman–Crippen LogP) is 5.09. The van der Waals surface area contributed by atoms with Crippen molar-refractivity contribution in [3.63, 3.8) is 0 Å². The summed E-state index contributed by atoms with van der Waals surface area (Å²) in [6.45, 7) is 9.31. The van der Waals surface area contributed by atoms with E-state index in [1.165, 1.54) is 11.1 Å². The molecule has 3 aromatic carbocycles. The van der Waals surface area contributed by atoms with Crippen LogP contribution in [0.5, 0.6) is 17.2 Å². The standard InChI is InChI=1S/C32H40N2O5/c1-23(2)21-34-12-13-38-14-15-39-29-11-9-27(19-28(29)17-24-6-5-7-26(16-24)22-34)32(35)33-20-25-8-10-30(36-3)31(18-25)37-4/h5-11,16,18-19,23H,12-15,17,20-22H2,1-4H3,(H,33,35). The van der Waals surface area contributed by atoms with E-state index < -0.39 is 0 Å². The number of hydrogen-bond donors (Lipinski definition) is 1. The van der Waals surface area contributed by atoms with Crippen LogP contribution in [0.4, 0.5) is 0 Å². The van der Waals surface area contributed by atoms with E-state index in [0.717, 1.165) is 36.5 Å². The molecule has 0 unspecified atom stereocenters. The summed E-state index contributed by atoms with van der Waals surface area (Å²) in [6.07, 6.45) is 0.672. The SMILES string of the molecule is COc1ccc(CNC(=O)c2ccc3c(c2)Cc2cccc(c2)CN(CC(C)C)CCOCCO3)cc1OC. The molecule has 1 N–H and O–H groups in total. The van der Waals surface area contributed by atoms with Crippen molar-refractivity contribution in [3.8, 4) is 17.2 Å². The van der Waals surface area contributed by atoms with Crippen molar-refractivity contribution in [1.29, 1.82) is 0 Å². The summed E-state index contributed by atoms with van der Waals surface area (Å²) >= 11 is 0. The van der Waals surface area contributed by atoms with Gasteiger partial charge in [-0.3, -0.25) is 9.69 Å². The van der Waals surface area contributed by atoms with Crippen LogP contribution in [-0.2, 0) is 24.2 Å². The lowest BCUT2D eigenvalue weighted by atomic mass is 9.99. The van der Waals surface area contributed by atoms with Crippen LogP contribution in [-0.4, -0.2) is 57.9 Å². The number of amides is 1. The lowest BCUT2D eigenvalue weighted by Crippen LogP contribution is -2.31. The number of ether oxygens (including phenoxy) is 4. The number of methoxy groups -OCH3 is 2. The van der Waals surface area contributed by atoms with Gasteiger partial charge in [0.2, 0.25) is 0 Å². The van der Waals surface area contributed by atoms with Gasteiger partial charge in [0.1, 0.15) is 12.4 Å². The zero-order chi connectivity index (χ0) is 27.6. The molecule has 0 saturated carbocycles. The molecular formula is C32H40N2O5. The highest BCUT2D eigenvalue weighted by molar-refractivity contribution is 5.94. The van der Waals surface area contributed by atoms with Gasteiger partial charge in [-0.15, -0.1) is 0 Å². The van der Waals surface area contributed by atoms with Gasteiger partial charge >= 0.3 is 0 Å². The van der Waals surface area contributed by atoms with Gasteiger partial charge in [0, 0.05) is 38.2 Å². The summed E-state index contributed by atoms with van der Waals surface area (Å²) in [6, 6.07) is 19.9. The van der Waals surface area contributed by atoms with Gasteiger partial charge in [-0.05, 0) is 58.5 Å². The van der Waals surface area contributed by atoms with Crippen LogP contribution in [0.25, 0.3) is 0 Å². The fourth-order valence-corrected chi connectivity index (χ4v) is 4.85.